The first-order valence-corrected chi connectivity index (χ1v) is 5.68. The van der Waals surface area contributed by atoms with Gasteiger partial charge in [0.2, 0.25) is 0 Å². The molecule has 2 aromatic carbocycles. The van der Waals surface area contributed by atoms with Crippen LogP contribution in [0.5, 0.6) is 5.75 Å². The zero-order chi connectivity index (χ0) is 14.7. The summed E-state index contributed by atoms with van der Waals surface area (Å²) in [6.45, 7) is -0.181. The van der Waals surface area contributed by atoms with Crippen molar-refractivity contribution in [1.82, 2.24) is 0 Å². The van der Waals surface area contributed by atoms with Crippen molar-refractivity contribution < 1.29 is 28.0 Å². The number of rotatable bonds is 4. The summed E-state index contributed by atoms with van der Waals surface area (Å²) < 4.78 is 44.3. The molecule has 0 saturated carbocycles. The Morgan fingerprint density at radius 2 is 1.45 bits per heavy atom. The molecule has 0 aromatic heterocycles. The maximum atomic E-state index is 13.2. The molecule has 0 heterocycles. The molecule has 3 nitrogen and oxygen atoms in total. The van der Waals surface area contributed by atoms with Crippen molar-refractivity contribution in [2.24, 2.45) is 0 Å². The standard InChI is InChI=1S/C13H10BF3O3/c15-10-1-8(2-11(16)5-10)7-20-13-4-9(14(18)19)3-12(17)6-13/h1-6,18-19H,7H2. The lowest BCUT2D eigenvalue weighted by atomic mass is 9.80. The van der Waals surface area contributed by atoms with E-state index in [0.717, 1.165) is 30.3 Å². The average molecular weight is 282 g/mol. The third-order valence-electron chi connectivity index (χ3n) is 2.52. The van der Waals surface area contributed by atoms with Gasteiger partial charge in [-0.3, -0.25) is 0 Å². The fourth-order valence-corrected chi connectivity index (χ4v) is 1.68. The minimum absolute atomic E-state index is 0.0257. The molecule has 0 spiro atoms. The van der Waals surface area contributed by atoms with E-state index in [0.29, 0.717) is 0 Å². The van der Waals surface area contributed by atoms with Crippen LogP contribution in [0.2, 0.25) is 0 Å². The van der Waals surface area contributed by atoms with Crippen LogP contribution in [0.1, 0.15) is 5.56 Å². The number of halogens is 3. The average Bonchev–Trinajstić information content (AvgIpc) is 2.34. The predicted molar refractivity (Wildman–Crippen MR) is 66.9 cm³/mol. The number of hydrogen-bond acceptors (Lipinski definition) is 3. The highest BCUT2D eigenvalue weighted by molar-refractivity contribution is 6.58. The second kappa shape index (κ2) is 5.98. The first-order chi connectivity index (χ1) is 9.44. The first-order valence-electron chi connectivity index (χ1n) is 5.68. The minimum Gasteiger partial charge on any atom is -0.489 e. The molecule has 0 amide bonds. The summed E-state index contributed by atoms with van der Waals surface area (Å²) in [5, 5.41) is 17.9. The summed E-state index contributed by atoms with van der Waals surface area (Å²) in [4.78, 5) is 0. The molecule has 0 saturated heterocycles. The van der Waals surface area contributed by atoms with Crippen molar-refractivity contribution in [2.75, 3.05) is 0 Å². The van der Waals surface area contributed by atoms with E-state index in [1.807, 2.05) is 0 Å². The second-order valence-electron chi connectivity index (χ2n) is 4.16. The van der Waals surface area contributed by atoms with Crippen LogP contribution in [0.15, 0.2) is 36.4 Å². The smallest absolute Gasteiger partial charge is 0.488 e. The van der Waals surface area contributed by atoms with Gasteiger partial charge in [-0.1, -0.05) is 0 Å². The van der Waals surface area contributed by atoms with Crippen LogP contribution < -0.4 is 10.2 Å². The summed E-state index contributed by atoms with van der Waals surface area (Å²) in [7, 11) is -1.83. The molecular weight excluding hydrogens is 272 g/mol. The molecule has 0 radical (unpaired) electrons. The van der Waals surface area contributed by atoms with Gasteiger partial charge in [0.05, 0.1) is 0 Å². The highest BCUT2D eigenvalue weighted by Crippen LogP contribution is 2.15. The van der Waals surface area contributed by atoms with Crippen LogP contribution in [0.4, 0.5) is 13.2 Å². The molecule has 2 aromatic rings. The van der Waals surface area contributed by atoms with Gasteiger partial charge >= 0.3 is 7.12 Å². The van der Waals surface area contributed by atoms with E-state index >= 15 is 0 Å². The molecule has 0 fully saturated rings. The van der Waals surface area contributed by atoms with Crippen molar-refractivity contribution in [3.05, 3.63) is 59.4 Å². The van der Waals surface area contributed by atoms with Gasteiger partial charge < -0.3 is 14.8 Å². The maximum Gasteiger partial charge on any atom is 0.488 e. The lowest BCUT2D eigenvalue weighted by Crippen LogP contribution is -2.30. The molecule has 0 atom stereocenters. The Bertz CT molecular complexity index is 600. The predicted octanol–water partition coefficient (Wildman–Crippen LogP) is 1.36. The molecule has 0 aliphatic carbocycles. The van der Waals surface area contributed by atoms with Crippen LogP contribution in [0.3, 0.4) is 0 Å². The van der Waals surface area contributed by atoms with Crippen LogP contribution in [0, 0.1) is 17.5 Å². The Kier molecular flexibility index (Phi) is 4.31. The Morgan fingerprint density at radius 3 is 2.05 bits per heavy atom. The Labute approximate surface area is 113 Å². The fourth-order valence-electron chi connectivity index (χ4n) is 1.68. The quantitative estimate of drug-likeness (QED) is 0.832. The normalized spacial score (nSPS) is 10.4. The summed E-state index contributed by atoms with van der Waals surface area (Å²) >= 11 is 0. The largest absolute Gasteiger partial charge is 0.489 e. The van der Waals surface area contributed by atoms with E-state index in [-0.39, 0.29) is 23.4 Å². The van der Waals surface area contributed by atoms with E-state index in [1.54, 1.807) is 0 Å². The Balaban J connectivity index is 2.14. The molecule has 0 aliphatic heterocycles. The number of ether oxygens (including phenoxy) is 1. The first kappa shape index (κ1) is 14.4. The van der Waals surface area contributed by atoms with Crippen molar-refractivity contribution in [3.63, 3.8) is 0 Å². The van der Waals surface area contributed by atoms with E-state index in [1.165, 1.54) is 6.07 Å². The monoisotopic (exact) mass is 282 g/mol. The van der Waals surface area contributed by atoms with Crippen LogP contribution in [0.25, 0.3) is 0 Å². The summed E-state index contributed by atoms with van der Waals surface area (Å²) in [5.41, 5.74) is 0.156. The van der Waals surface area contributed by atoms with Gasteiger partial charge in [0.15, 0.2) is 0 Å². The molecule has 0 aliphatic rings. The fraction of sp³-hybridized carbons (Fsp3) is 0.0769. The molecule has 0 unspecified atom stereocenters. The lowest BCUT2D eigenvalue weighted by Gasteiger charge is -2.09. The van der Waals surface area contributed by atoms with Crippen LogP contribution in [-0.2, 0) is 6.61 Å². The van der Waals surface area contributed by atoms with Gasteiger partial charge in [0, 0.05) is 12.1 Å². The molecule has 2 rings (SSSR count). The zero-order valence-corrected chi connectivity index (χ0v) is 10.2. The summed E-state index contributed by atoms with van der Waals surface area (Å²) in [6.07, 6.45) is 0. The molecule has 20 heavy (non-hydrogen) atoms. The maximum absolute atomic E-state index is 13.2. The van der Waals surface area contributed by atoms with Crippen molar-refractivity contribution in [2.45, 2.75) is 6.61 Å². The lowest BCUT2D eigenvalue weighted by molar-refractivity contribution is 0.303. The van der Waals surface area contributed by atoms with E-state index in [9.17, 15) is 13.2 Å². The topological polar surface area (TPSA) is 49.7 Å². The minimum atomic E-state index is -1.83. The third kappa shape index (κ3) is 3.75. The Morgan fingerprint density at radius 1 is 0.850 bits per heavy atom. The molecule has 104 valence electrons. The van der Waals surface area contributed by atoms with Crippen LogP contribution in [-0.4, -0.2) is 17.2 Å². The molecular formula is C13H10BF3O3. The molecule has 2 N–H and O–H groups in total. The van der Waals surface area contributed by atoms with Gasteiger partial charge in [-0.25, -0.2) is 13.2 Å². The summed E-state index contributed by atoms with van der Waals surface area (Å²) in [5.74, 6) is -2.17. The molecule has 7 heteroatoms. The van der Waals surface area contributed by atoms with Gasteiger partial charge in [-0.15, -0.1) is 0 Å². The van der Waals surface area contributed by atoms with Crippen molar-refractivity contribution >= 4 is 12.6 Å². The zero-order valence-electron chi connectivity index (χ0n) is 10.2. The van der Waals surface area contributed by atoms with E-state index in [4.69, 9.17) is 14.8 Å². The third-order valence-corrected chi connectivity index (χ3v) is 2.52. The highest BCUT2D eigenvalue weighted by Gasteiger charge is 2.14. The van der Waals surface area contributed by atoms with Crippen LogP contribution >= 0.6 is 0 Å². The van der Waals surface area contributed by atoms with Crippen molar-refractivity contribution in [1.29, 1.82) is 0 Å². The highest BCUT2D eigenvalue weighted by atomic mass is 19.1. The summed E-state index contributed by atoms with van der Waals surface area (Å²) in [6, 6.07) is 6.10. The second-order valence-corrected chi connectivity index (χ2v) is 4.16. The van der Waals surface area contributed by atoms with E-state index < -0.39 is 24.6 Å². The Hall–Kier alpha value is -1.99. The van der Waals surface area contributed by atoms with E-state index in [2.05, 4.69) is 0 Å². The van der Waals surface area contributed by atoms with Gasteiger partial charge in [0.1, 0.15) is 29.8 Å². The number of benzene rings is 2. The SMILES string of the molecule is OB(O)c1cc(F)cc(OCc2cc(F)cc(F)c2)c1. The van der Waals surface area contributed by atoms with Gasteiger partial charge in [-0.2, -0.15) is 0 Å². The van der Waals surface area contributed by atoms with Crippen molar-refractivity contribution in [3.8, 4) is 5.75 Å². The van der Waals surface area contributed by atoms with Gasteiger partial charge in [-0.05, 0) is 35.3 Å². The number of hydrogen-bond donors (Lipinski definition) is 2. The molecule has 0 bridgehead atoms. The van der Waals surface area contributed by atoms with Gasteiger partial charge in [0.25, 0.3) is 0 Å².